The molecule has 1 N–H and O–H groups in total. The van der Waals surface area contributed by atoms with Gasteiger partial charge in [-0.2, -0.15) is 18.3 Å². The van der Waals surface area contributed by atoms with Crippen LogP contribution < -0.4 is 10.1 Å². The van der Waals surface area contributed by atoms with Gasteiger partial charge in [0.15, 0.2) is 6.04 Å². The van der Waals surface area contributed by atoms with Crippen molar-refractivity contribution in [3.05, 3.63) is 47.2 Å². The lowest BCUT2D eigenvalue weighted by molar-refractivity contribution is -0.175. The van der Waals surface area contributed by atoms with E-state index in [0.717, 1.165) is 4.68 Å². The van der Waals surface area contributed by atoms with E-state index < -0.39 is 30.6 Å². The lowest BCUT2D eigenvalue weighted by atomic mass is 10.0. The van der Waals surface area contributed by atoms with Crippen LogP contribution in [0.2, 0.25) is 5.02 Å². The zero-order valence-electron chi connectivity index (χ0n) is 13.7. The number of ether oxygens (including phenoxy) is 1. The molecule has 0 bridgehead atoms. The fourth-order valence-electron chi connectivity index (χ4n) is 2.97. The summed E-state index contributed by atoms with van der Waals surface area (Å²) < 4.78 is 46.3. The zero-order chi connectivity index (χ0) is 18.7. The largest absolute Gasteiger partial charge is 0.492 e. The second kappa shape index (κ2) is 7.57. The number of hydrogen-bond donors (Lipinski definition) is 1. The molecule has 9 heteroatoms. The highest BCUT2D eigenvalue weighted by atomic mass is 35.5. The van der Waals surface area contributed by atoms with Crippen LogP contribution in [-0.2, 0) is 4.79 Å². The first-order chi connectivity index (χ1) is 12.4. The smallest absolute Gasteiger partial charge is 0.411 e. The van der Waals surface area contributed by atoms with Crippen molar-refractivity contribution in [2.45, 2.75) is 37.5 Å². The van der Waals surface area contributed by atoms with E-state index >= 15 is 0 Å². The number of fused-ring (bicyclic) bond motifs is 1. The van der Waals surface area contributed by atoms with Crippen molar-refractivity contribution in [2.24, 2.45) is 0 Å². The summed E-state index contributed by atoms with van der Waals surface area (Å²) in [4.78, 5) is 12.3. The first kappa shape index (κ1) is 18.6. The molecule has 0 spiro atoms. The molecule has 2 atom stereocenters. The van der Waals surface area contributed by atoms with Crippen molar-refractivity contribution in [1.82, 2.24) is 15.1 Å². The van der Waals surface area contributed by atoms with Crippen LogP contribution in [0.5, 0.6) is 5.75 Å². The molecule has 1 aliphatic rings. The topological polar surface area (TPSA) is 56.2 Å². The molecular formula is C17H17ClF3N3O2. The van der Waals surface area contributed by atoms with Crippen LogP contribution >= 0.6 is 11.6 Å². The molecular weight excluding hydrogens is 371 g/mol. The first-order valence-electron chi connectivity index (χ1n) is 8.12. The van der Waals surface area contributed by atoms with Gasteiger partial charge in [-0.15, -0.1) is 0 Å². The molecule has 0 aliphatic carbocycles. The average Bonchev–Trinajstić information content (AvgIpc) is 3.01. The molecule has 1 aliphatic heterocycles. The lowest BCUT2D eigenvalue weighted by Crippen LogP contribution is -2.35. The monoisotopic (exact) mass is 387 g/mol. The molecule has 0 saturated carbocycles. The maximum Gasteiger partial charge on any atom is 0.411 e. The van der Waals surface area contributed by atoms with Crippen LogP contribution in [0.3, 0.4) is 0 Å². The normalized spacial score (nSPS) is 18.4. The highest BCUT2D eigenvalue weighted by Crippen LogP contribution is 2.37. The molecule has 0 fully saturated rings. The van der Waals surface area contributed by atoms with Gasteiger partial charge in [0.05, 0.1) is 24.1 Å². The van der Waals surface area contributed by atoms with E-state index in [1.54, 1.807) is 18.2 Å². The van der Waals surface area contributed by atoms with E-state index in [9.17, 15) is 18.0 Å². The summed E-state index contributed by atoms with van der Waals surface area (Å²) in [5.74, 6) is -0.239. The molecule has 0 radical (unpaired) electrons. The molecule has 2 heterocycles. The number of carbonyl (C=O) groups is 1. The van der Waals surface area contributed by atoms with Crippen molar-refractivity contribution in [3.63, 3.8) is 0 Å². The van der Waals surface area contributed by atoms with Crippen molar-refractivity contribution in [2.75, 3.05) is 6.61 Å². The molecule has 5 nitrogen and oxygen atoms in total. The Balaban J connectivity index is 1.76. The average molecular weight is 388 g/mol. The second-order valence-corrected chi connectivity index (χ2v) is 6.42. The maximum absolute atomic E-state index is 13.3. The quantitative estimate of drug-likeness (QED) is 0.860. The van der Waals surface area contributed by atoms with Crippen molar-refractivity contribution in [1.29, 1.82) is 0 Å². The summed E-state index contributed by atoms with van der Waals surface area (Å²) in [5, 5.41) is 6.72. The predicted molar refractivity (Wildman–Crippen MR) is 89.0 cm³/mol. The summed E-state index contributed by atoms with van der Waals surface area (Å²) in [5.41, 5.74) is 0.672. The van der Waals surface area contributed by atoms with Gasteiger partial charge in [0.25, 0.3) is 0 Å². The Kier molecular flexibility index (Phi) is 5.41. The third-order valence-electron chi connectivity index (χ3n) is 4.19. The SMILES string of the molecule is O=C(CC(n1cccn1)C(F)(F)F)NC1CCCOc2c(Cl)cccc21. The van der Waals surface area contributed by atoms with Crippen LogP contribution in [0, 0.1) is 0 Å². The van der Waals surface area contributed by atoms with Crippen LogP contribution in [0.4, 0.5) is 13.2 Å². The van der Waals surface area contributed by atoms with E-state index in [0.29, 0.717) is 35.8 Å². The highest BCUT2D eigenvalue weighted by Gasteiger charge is 2.43. The van der Waals surface area contributed by atoms with Crippen LogP contribution in [0.15, 0.2) is 36.7 Å². The van der Waals surface area contributed by atoms with Gasteiger partial charge in [-0.05, 0) is 25.0 Å². The van der Waals surface area contributed by atoms with E-state index in [4.69, 9.17) is 16.3 Å². The van der Waals surface area contributed by atoms with Gasteiger partial charge >= 0.3 is 6.18 Å². The highest BCUT2D eigenvalue weighted by molar-refractivity contribution is 6.32. The standard InChI is InChI=1S/C17H17ClF3N3O2/c18-12-5-1-4-11-13(6-2-9-26-16(11)12)23-15(25)10-14(17(19,20)21)24-8-3-7-22-24/h1,3-5,7-8,13-14H,2,6,9-10H2,(H,23,25). The minimum absolute atomic E-state index is 0.411. The third kappa shape index (κ3) is 4.12. The summed E-state index contributed by atoms with van der Waals surface area (Å²) >= 11 is 6.13. The molecule has 0 saturated heterocycles. The molecule has 1 aromatic carbocycles. The number of alkyl halides is 3. The number of rotatable bonds is 4. The number of aromatic nitrogens is 2. The molecule has 3 rings (SSSR count). The fourth-order valence-corrected chi connectivity index (χ4v) is 3.21. The van der Waals surface area contributed by atoms with Gasteiger partial charge in [0.2, 0.25) is 5.91 Å². The van der Waals surface area contributed by atoms with E-state index in [-0.39, 0.29) is 0 Å². The van der Waals surface area contributed by atoms with Gasteiger partial charge in [-0.25, -0.2) is 0 Å². The van der Waals surface area contributed by atoms with Gasteiger partial charge in [-0.1, -0.05) is 23.7 Å². The second-order valence-electron chi connectivity index (χ2n) is 6.02. The number of carbonyl (C=O) groups excluding carboxylic acids is 1. The summed E-state index contributed by atoms with van der Waals surface area (Å²) in [6.45, 7) is 0.432. The summed E-state index contributed by atoms with van der Waals surface area (Å²) in [7, 11) is 0. The third-order valence-corrected chi connectivity index (χ3v) is 4.49. The van der Waals surface area contributed by atoms with Crippen molar-refractivity contribution >= 4 is 17.5 Å². The Hall–Kier alpha value is -2.22. The van der Waals surface area contributed by atoms with Crippen LogP contribution in [0.1, 0.15) is 36.9 Å². The zero-order valence-corrected chi connectivity index (χ0v) is 14.4. The first-order valence-corrected chi connectivity index (χ1v) is 8.50. The summed E-state index contributed by atoms with van der Waals surface area (Å²) in [6, 6.07) is 4.06. The Morgan fingerprint density at radius 1 is 1.42 bits per heavy atom. The molecule has 140 valence electrons. The number of hydrogen-bond acceptors (Lipinski definition) is 3. The van der Waals surface area contributed by atoms with Crippen molar-refractivity contribution in [3.8, 4) is 5.75 Å². The molecule has 2 aromatic rings. The van der Waals surface area contributed by atoms with Crippen LogP contribution in [0.25, 0.3) is 0 Å². The van der Waals surface area contributed by atoms with Gasteiger partial charge in [0, 0.05) is 18.0 Å². The number of amides is 1. The Morgan fingerprint density at radius 3 is 2.92 bits per heavy atom. The lowest BCUT2D eigenvalue weighted by Gasteiger charge is -2.23. The summed E-state index contributed by atoms with van der Waals surface area (Å²) in [6.07, 6.45) is -1.69. The molecule has 1 aromatic heterocycles. The molecule has 26 heavy (non-hydrogen) atoms. The Labute approximate surface area is 153 Å². The number of para-hydroxylation sites is 1. The number of nitrogens with zero attached hydrogens (tertiary/aromatic N) is 2. The van der Waals surface area contributed by atoms with E-state index in [1.807, 2.05) is 0 Å². The Morgan fingerprint density at radius 2 is 2.23 bits per heavy atom. The number of halogens is 4. The molecule has 2 unspecified atom stereocenters. The van der Waals surface area contributed by atoms with E-state index in [2.05, 4.69) is 10.4 Å². The number of nitrogens with one attached hydrogen (secondary N) is 1. The van der Waals surface area contributed by atoms with Gasteiger partial charge in [0.1, 0.15) is 5.75 Å². The maximum atomic E-state index is 13.3. The van der Waals surface area contributed by atoms with E-state index in [1.165, 1.54) is 18.5 Å². The fraction of sp³-hybridized carbons (Fsp3) is 0.412. The minimum atomic E-state index is -4.59. The van der Waals surface area contributed by atoms with Crippen molar-refractivity contribution < 1.29 is 22.7 Å². The minimum Gasteiger partial charge on any atom is -0.492 e. The van der Waals surface area contributed by atoms with Gasteiger partial charge in [-0.3, -0.25) is 9.48 Å². The van der Waals surface area contributed by atoms with Crippen LogP contribution in [-0.4, -0.2) is 28.5 Å². The Bertz CT molecular complexity index is 765. The predicted octanol–water partition coefficient (Wildman–Crippen LogP) is 4.06. The number of benzene rings is 1. The van der Waals surface area contributed by atoms with Gasteiger partial charge < -0.3 is 10.1 Å². The molecule has 1 amide bonds.